The van der Waals surface area contributed by atoms with E-state index in [9.17, 15) is 13.2 Å². The number of benzene rings is 1. The summed E-state index contributed by atoms with van der Waals surface area (Å²) in [5.74, 6) is 0. The van der Waals surface area contributed by atoms with E-state index in [1.807, 2.05) is 0 Å². The second-order valence-corrected chi connectivity index (χ2v) is 6.12. The van der Waals surface area contributed by atoms with Crippen LogP contribution in [0, 0.1) is 5.41 Å². The fourth-order valence-corrected chi connectivity index (χ4v) is 1.68. The Morgan fingerprint density at radius 2 is 1.59 bits per heavy atom. The van der Waals surface area contributed by atoms with Gasteiger partial charge >= 0.3 is 5.51 Å². The van der Waals surface area contributed by atoms with Crippen LogP contribution in [0.5, 0.6) is 0 Å². The number of halogens is 3. The highest BCUT2D eigenvalue weighted by Gasteiger charge is 2.28. The van der Waals surface area contributed by atoms with Crippen LogP contribution >= 0.6 is 11.8 Å². The Morgan fingerprint density at radius 1 is 1.06 bits per heavy atom. The number of rotatable bonds is 3. The van der Waals surface area contributed by atoms with Crippen molar-refractivity contribution in [2.45, 2.75) is 31.2 Å². The predicted octanol–water partition coefficient (Wildman–Crippen LogP) is 4.76. The minimum Gasteiger partial charge on any atom is -0.385 e. The molecule has 0 saturated heterocycles. The molecule has 1 aromatic carbocycles. The number of thioether (sulfide) groups is 1. The summed E-state index contributed by atoms with van der Waals surface area (Å²) in [7, 11) is 0. The molecule has 0 heterocycles. The Bertz CT molecular complexity index is 351. The molecule has 1 aromatic rings. The summed E-state index contributed by atoms with van der Waals surface area (Å²) in [4.78, 5) is 0.207. The van der Waals surface area contributed by atoms with Crippen molar-refractivity contribution in [1.82, 2.24) is 0 Å². The van der Waals surface area contributed by atoms with E-state index in [-0.39, 0.29) is 22.1 Å². The maximum Gasteiger partial charge on any atom is 0.446 e. The lowest BCUT2D eigenvalue weighted by atomic mass is 9.97. The van der Waals surface area contributed by atoms with Gasteiger partial charge in [0.2, 0.25) is 0 Å². The van der Waals surface area contributed by atoms with Crippen molar-refractivity contribution in [3.05, 3.63) is 24.3 Å². The van der Waals surface area contributed by atoms with Gasteiger partial charge in [-0.05, 0) is 41.4 Å². The summed E-state index contributed by atoms with van der Waals surface area (Å²) in [6.45, 7) is 7.05. The molecule has 1 rings (SSSR count). The van der Waals surface area contributed by atoms with Crippen LogP contribution in [0.1, 0.15) is 20.8 Å². The lowest BCUT2D eigenvalue weighted by molar-refractivity contribution is -0.0328. The Kier molecular flexibility index (Phi) is 4.36. The van der Waals surface area contributed by atoms with Crippen molar-refractivity contribution < 1.29 is 13.2 Å². The van der Waals surface area contributed by atoms with Gasteiger partial charge in [0.1, 0.15) is 0 Å². The Hall–Kier alpha value is -0.840. The quantitative estimate of drug-likeness (QED) is 0.789. The number of nitrogens with one attached hydrogen (secondary N) is 1. The summed E-state index contributed by atoms with van der Waals surface area (Å²) in [5.41, 5.74) is -3.24. The van der Waals surface area contributed by atoms with E-state index in [4.69, 9.17) is 0 Å². The molecule has 0 fully saturated rings. The van der Waals surface area contributed by atoms with Crippen LogP contribution in [-0.2, 0) is 0 Å². The summed E-state index contributed by atoms with van der Waals surface area (Å²) >= 11 is -0.0947. The van der Waals surface area contributed by atoms with Crippen LogP contribution in [0.2, 0.25) is 0 Å². The van der Waals surface area contributed by atoms with Crippen molar-refractivity contribution in [2.24, 2.45) is 5.41 Å². The van der Waals surface area contributed by atoms with Crippen molar-refractivity contribution >= 4 is 17.4 Å². The third-order valence-corrected chi connectivity index (χ3v) is 2.65. The SMILES string of the molecule is CC(C)(C)CNc1ccc(SC(F)(F)F)cc1. The topological polar surface area (TPSA) is 12.0 Å². The average Bonchev–Trinajstić information content (AvgIpc) is 2.13. The largest absolute Gasteiger partial charge is 0.446 e. The van der Waals surface area contributed by atoms with Gasteiger partial charge in [-0.25, -0.2) is 0 Å². The molecule has 96 valence electrons. The van der Waals surface area contributed by atoms with Gasteiger partial charge in [-0.15, -0.1) is 0 Å². The molecular weight excluding hydrogens is 247 g/mol. The molecule has 1 nitrogen and oxygen atoms in total. The zero-order valence-electron chi connectivity index (χ0n) is 10.1. The zero-order chi connectivity index (χ0) is 13.1. The van der Waals surface area contributed by atoms with Crippen molar-refractivity contribution in [3.8, 4) is 0 Å². The first-order chi connectivity index (χ1) is 7.66. The molecule has 0 aliphatic carbocycles. The standard InChI is InChI=1S/C12H16F3NS/c1-11(2,3)8-16-9-4-6-10(7-5-9)17-12(13,14)15/h4-7,16H,8H2,1-3H3. The number of hydrogen-bond acceptors (Lipinski definition) is 2. The van der Waals surface area contributed by atoms with Crippen LogP contribution in [-0.4, -0.2) is 12.1 Å². The third-order valence-electron chi connectivity index (χ3n) is 1.91. The second kappa shape index (κ2) is 5.21. The van der Waals surface area contributed by atoms with E-state index < -0.39 is 5.51 Å². The molecule has 0 unspecified atom stereocenters. The Labute approximate surface area is 104 Å². The molecule has 1 N–H and O–H groups in total. The maximum atomic E-state index is 12.1. The van der Waals surface area contributed by atoms with Crippen LogP contribution < -0.4 is 5.32 Å². The maximum absolute atomic E-state index is 12.1. The minimum absolute atomic E-state index is 0.0947. The molecule has 0 amide bonds. The molecule has 0 radical (unpaired) electrons. The highest BCUT2D eigenvalue weighted by atomic mass is 32.2. The van der Waals surface area contributed by atoms with Gasteiger partial charge in [0.05, 0.1) is 0 Å². The normalized spacial score (nSPS) is 12.6. The highest BCUT2D eigenvalue weighted by molar-refractivity contribution is 8.00. The molecule has 0 bridgehead atoms. The van der Waals surface area contributed by atoms with Crippen molar-refractivity contribution in [3.63, 3.8) is 0 Å². The predicted molar refractivity (Wildman–Crippen MR) is 66.3 cm³/mol. The van der Waals surface area contributed by atoms with E-state index in [2.05, 4.69) is 26.1 Å². The molecule has 5 heteroatoms. The second-order valence-electron chi connectivity index (χ2n) is 4.99. The van der Waals surface area contributed by atoms with Crippen LogP contribution in [0.15, 0.2) is 29.2 Å². The van der Waals surface area contributed by atoms with Crippen molar-refractivity contribution in [1.29, 1.82) is 0 Å². The number of alkyl halides is 3. The van der Waals surface area contributed by atoms with Gasteiger partial charge in [0.25, 0.3) is 0 Å². The molecule has 0 saturated carbocycles. The van der Waals surface area contributed by atoms with E-state index >= 15 is 0 Å². The molecule has 0 atom stereocenters. The highest BCUT2D eigenvalue weighted by Crippen LogP contribution is 2.37. The fraction of sp³-hybridized carbons (Fsp3) is 0.500. The van der Waals surface area contributed by atoms with Crippen LogP contribution in [0.3, 0.4) is 0 Å². The molecule has 0 spiro atoms. The van der Waals surface area contributed by atoms with Gasteiger partial charge in [0, 0.05) is 17.1 Å². The van der Waals surface area contributed by atoms with Gasteiger partial charge in [-0.1, -0.05) is 20.8 Å². The summed E-state index contributed by atoms with van der Waals surface area (Å²) in [5, 5.41) is 3.18. The average molecular weight is 263 g/mol. The summed E-state index contributed by atoms with van der Waals surface area (Å²) in [6.07, 6.45) is 0. The monoisotopic (exact) mass is 263 g/mol. The lowest BCUT2D eigenvalue weighted by Crippen LogP contribution is -2.18. The first kappa shape index (κ1) is 14.2. The summed E-state index contributed by atoms with van der Waals surface area (Å²) in [6, 6.07) is 6.28. The van der Waals surface area contributed by atoms with Gasteiger partial charge in [-0.2, -0.15) is 13.2 Å². The summed E-state index contributed by atoms with van der Waals surface area (Å²) < 4.78 is 36.3. The van der Waals surface area contributed by atoms with E-state index in [0.29, 0.717) is 0 Å². The van der Waals surface area contributed by atoms with E-state index in [1.54, 1.807) is 12.1 Å². The smallest absolute Gasteiger partial charge is 0.385 e. The lowest BCUT2D eigenvalue weighted by Gasteiger charge is -2.19. The first-order valence-corrected chi connectivity index (χ1v) is 6.07. The molecule has 0 aliphatic rings. The van der Waals surface area contributed by atoms with Crippen molar-refractivity contribution in [2.75, 3.05) is 11.9 Å². The molecular formula is C12H16F3NS. The first-order valence-electron chi connectivity index (χ1n) is 5.25. The van der Waals surface area contributed by atoms with E-state index in [1.165, 1.54) is 12.1 Å². The Balaban J connectivity index is 2.56. The zero-order valence-corrected chi connectivity index (χ0v) is 10.9. The van der Waals surface area contributed by atoms with E-state index in [0.717, 1.165) is 12.2 Å². The number of hydrogen-bond donors (Lipinski definition) is 1. The van der Waals surface area contributed by atoms with Crippen LogP contribution in [0.25, 0.3) is 0 Å². The molecule has 0 aromatic heterocycles. The fourth-order valence-electron chi connectivity index (χ4n) is 1.14. The van der Waals surface area contributed by atoms with Gasteiger partial charge < -0.3 is 5.32 Å². The minimum atomic E-state index is -4.22. The third kappa shape index (κ3) is 6.46. The Morgan fingerprint density at radius 3 is 2.00 bits per heavy atom. The molecule has 0 aliphatic heterocycles. The number of anilines is 1. The van der Waals surface area contributed by atoms with Gasteiger partial charge in [-0.3, -0.25) is 0 Å². The van der Waals surface area contributed by atoms with Crippen LogP contribution in [0.4, 0.5) is 18.9 Å². The van der Waals surface area contributed by atoms with Gasteiger partial charge in [0.15, 0.2) is 0 Å². The molecule has 17 heavy (non-hydrogen) atoms.